The van der Waals surface area contributed by atoms with Gasteiger partial charge in [0.1, 0.15) is 11.4 Å². The van der Waals surface area contributed by atoms with Crippen LogP contribution in [0.1, 0.15) is 0 Å². The smallest absolute Gasteiger partial charge is 0.195 e. The number of ether oxygens (including phenoxy) is 1. The Balaban J connectivity index is 1.92. The third-order valence-electron chi connectivity index (χ3n) is 3.13. The van der Waals surface area contributed by atoms with E-state index in [-0.39, 0.29) is 0 Å². The molecule has 0 bridgehead atoms. The van der Waals surface area contributed by atoms with E-state index in [1.54, 1.807) is 29.8 Å². The Morgan fingerprint density at radius 1 is 1.20 bits per heavy atom. The lowest BCUT2D eigenvalue weighted by Gasteiger charge is -1.98. The van der Waals surface area contributed by atoms with Crippen LogP contribution in [0.3, 0.4) is 0 Å². The molecular formula is C14H9ClN2OS2. The highest BCUT2D eigenvalue weighted by atomic mass is 35.5. The van der Waals surface area contributed by atoms with E-state index in [2.05, 4.69) is 21.6 Å². The molecule has 0 aliphatic rings. The van der Waals surface area contributed by atoms with Gasteiger partial charge in [0.25, 0.3) is 0 Å². The van der Waals surface area contributed by atoms with Crippen molar-refractivity contribution in [2.45, 2.75) is 0 Å². The molecule has 0 saturated carbocycles. The molecule has 0 N–H and O–H groups in total. The maximum absolute atomic E-state index is 5.98. The first-order chi connectivity index (χ1) is 9.74. The van der Waals surface area contributed by atoms with E-state index in [1.165, 1.54) is 4.70 Å². The number of imidazole rings is 1. The Labute approximate surface area is 128 Å². The number of hydrogen-bond donors (Lipinski definition) is 0. The second kappa shape index (κ2) is 4.48. The van der Waals surface area contributed by atoms with Crippen molar-refractivity contribution in [1.29, 1.82) is 0 Å². The summed E-state index contributed by atoms with van der Waals surface area (Å²) in [6.07, 6.45) is 2.06. The summed E-state index contributed by atoms with van der Waals surface area (Å²) >= 11 is 9.19. The van der Waals surface area contributed by atoms with Crippen molar-refractivity contribution in [3.8, 4) is 16.3 Å². The fraction of sp³-hybridized carbons (Fsp3) is 0.0714. The molecule has 0 amide bonds. The lowest BCUT2D eigenvalue weighted by atomic mass is 10.3. The molecule has 4 aromatic rings. The molecule has 0 spiro atoms. The second-order valence-corrected chi connectivity index (χ2v) is 7.04. The summed E-state index contributed by atoms with van der Waals surface area (Å²) in [6, 6.07) is 9.97. The van der Waals surface area contributed by atoms with Crippen molar-refractivity contribution < 1.29 is 4.74 Å². The van der Waals surface area contributed by atoms with Gasteiger partial charge in [0.15, 0.2) is 4.96 Å². The molecule has 100 valence electrons. The van der Waals surface area contributed by atoms with Gasteiger partial charge in [-0.3, -0.25) is 4.40 Å². The predicted molar refractivity (Wildman–Crippen MR) is 85.5 cm³/mol. The molecule has 0 aliphatic heterocycles. The topological polar surface area (TPSA) is 26.5 Å². The molecule has 0 unspecified atom stereocenters. The van der Waals surface area contributed by atoms with Crippen LogP contribution in [0.2, 0.25) is 4.34 Å². The number of nitrogens with zero attached hydrogens (tertiary/aromatic N) is 2. The van der Waals surface area contributed by atoms with E-state index in [0.717, 1.165) is 31.1 Å². The Morgan fingerprint density at radius 2 is 2.10 bits per heavy atom. The quantitative estimate of drug-likeness (QED) is 0.523. The van der Waals surface area contributed by atoms with Crippen molar-refractivity contribution in [3.63, 3.8) is 0 Å². The van der Waals surface area contributed by atoms with Crippen molar-refractivity contribution in [2.75, 3.05) is 7.11 Å². The Bertz CT molecular complexity index is 922. The molecule has 0 aliphatic carbocycles. The molecule has 3 aromatic heterocycles. The van der Waals surface area contributed by atoms with E-state index in [4.69, 9.17) is 16.3 Å². The molecule has 20 heavy (non-hydrogen) atoms. The van der Waals surface area contributed by atoms with E-state index in [1.807, 2.05) is 24.3 Å². The van der Waals surface area contributed by atoms with Gasteiger partial charge in [0.2, 0.25) is 0 Å². The largest absolute Gasteiger partial charge is 0.497 e. The van der Waals surface area contributed by atoms with Crippen LogP contribution in [0.25, 0.3) is 25.7 Å². The van der Waals surface area contributed by atoms with Crippen LogP contribution in [-0.4, -0.2) is 16.5 Å². The summed E-state index contributed by atoms with van der Waals surface area (Å²) < 4.78 is 9.32. The third-order valence-corrected chi connectivity index (χ3v) is 5.40. The lowest BCUT2D eigenvalue weighted by Crippen LogP contribution is -1.82. The molecule has 0 saturated heterocycles. The molecule has 3 nitrogen and oxygen atoms in total. The van der Waals surface area contributed by atoms with Gasteiger partial charge in [-0.1, -0.05) is 22.9 Å². The van der Waals surface area contributed by atoms with Gasteiger partial charge in [-0.15, -0.1) is 11.3 Å². The minimum atomic E-state index is 0.783. The number of thiazole rings is 1. The van der Waals surface area contributed by atoms with Gasteiger partial charge in [0, 0.05) is 6.20 Å². The van der Waals surface area contributed by atoms with Crippen LogP contribution < -0.4 is 4.74 Å². The fourth-order valence-electron chi connectivity index (χ4n) is 2.18. The number of thiophene rings is 1. The zero-order valence-corrected chi connectivity index (χ0v) is 12.9. The molecule has 0 radical (unpaired) electrons. The number of hydrogen-bond acceptors (Lipinski definition) is 4. The SMILES string of the molecule is COc1ccc2c(c1)sc1nc(-c3ccc(Cl)s3)cn12. The van der Waals surface area contributed by atoms with E-state index < -0.39 is 0 Å². The van der Waals surface area contributed by atoms with E-state index >= 15 is 0 Å². The molecule has 6 heteroatoms. The number of rotatable bonds is 2. The number of benzene rings is 1. The van der Waals surface area contributed by atoms with Crippen LogP contribution in [0.5, 0.6) is 5.75 Å². The Kier molecular flexibility index (Phi) is 2.73. The van der Waals surface area contributed by atoms with Crippen molar-refractivity contribution in [1.82, 2.24) is 9.38 Å². The Morgan fingerprint density at radius 3 is 2.85 bits per heavy atom. The predicted octanol–water partition coefficient (Wildman–Crippen LogP) is 4.94. The molecule has 4 rings (SSSR count). The maximum Gasteiger partial charge on any atom is 0.195 e. The fourth-order valence-corrected chi connectivity index (χ4v) is 4.21. The molecule has 3 heterocycles. The van der Waals surface area contributed by atoms with E-state index in [0.29, 0.717) is 0 Å². The van der Waals surface area contributed by atoms with Gasteiger partial charge in [-0.05, 0) is 30.3 Å². The summed E-state index contributed by atoms with van der Waals surface area (Å²) in [6.45, 7) is 0. The van der Waals surface area contributed by atoms with Crippen molar-refractivity contribution in [3.05, 3.63) is 40.9 Å². The maximum atomic E-state index is 5.98. The first-order valence-electron chi connectivity index (χ1n) is 5.96. The zero-order chi connectivity index (χ0) is 13.7. The molecule has 1 aromatic carbocycles. The van der Waals surface area contributed by atoms with Crippen molar-refractivity contribution in [2.24, 2.45) is 0 Å². The Hall–Kier alpha value is -1.56. The summed E-state index contributed by atoms with van der Waals surface area (Å²) in [4.78, 5) is 6.75. The van der Waals surface area contributed by atoms with Crippen LogP contribution in [-0.2, 0) is 0 Å². The molecular weight excluding hydrogens is 312 g/mol. The van der Waals surface area contributed by atoms with Crippen molar-refractivity contribution >= 4 is 49.5 Å². The highest BCUT2D eigenvalue weighted by molar-refractivity contribution is 7.23. The normalized spacial score (nSPS) is 11.5. The highest BCUT2D eigenvalue weighted by Gasteiger charge is 2.12. The minimum Gasteiger partial charge on any atom is -0.497 e. The number of methoxy groups -OCH3 is 1. The third kappa shape index (κ3) is 1.82. The van der Waals surface area contributed by atoms with Gasteiger partial charge < -0.3 is 4.74 Å². The first-order valence-corrected chi connectivity index (χ1v) is 7.97. The zero-order valence-electron chi connectivity index (χ0n) is 10.5. The molecule has 0 fully saturated rings. The summed E-state index contributed by atoms with van der Waals surface area (Å²) in [5.41, 5.74) is 2.11. The average molecular weight is 321 g/mol. The van der Waals surface area contributed by atoms with Crippen LogP contribution in [0.4, 0.5) is 0 Å². The lowest BCUT2D eigenvalue weighted by molar-refractivity contribution is 0.415. The highest BCUT2D eigenvalue weighted by Crippen LogP contribution is 2.34. The standard InChI is InChI=1S/C14H9ClN2OS2/c1-18-8-2-3-10-12(6-8)20-14-16-9(7-17(10)14)11-4-5-13(15)19-11/h2-7H,1H3. The summed E-state index contributed by atoms with van der Waals surface area (Å²) in [5.74, 6) is 0.868. The van der Waals surface area contributed by atoms with Gasteiger partial charge in [-0.25, -0.2) is 4.98 Å². The summed E-state index contributed by atoms with van der Waals surface area (Å²) in [7, 11) is 1.68. The van der Waals surface area contributed by atoms with Crippen LogP contribution >= 0.6 is 34.3 Å². The first kappa shape index (κ1) is 12.2. The number of aromatic nitrogens is 2. The number of halogens is 1. The number of fused-ring (bicyclic) bond motifs is 3. The van der Waals surface area contributed by atoms with Gasteiger partial charge >= 0.3 is 0 Å². The molecule has 0 atom stereocenters. The second-order valence-electron chi connectivity index (χ2n) is 4.32. The van der Waals surface area contributed by atoms with Crippen LogP contribution in [0, 0.1) is 0 Å². The van der Waals surface area contributed by atoms with Gasteiger partial charge in [0.05, 0.1) is 26.5 Å². The van der Waals surface area contributed by atoms with Gasteiger partial charge in [-0.2, -0.15) is 0 Å². The minimum absolute atomic E-state index is 0.783. The van der Waals surface area contributed by atoms with E-state index in [9.17, 15) is 0 Å². The summed E-state index contributed by atoms with van der Waals surface area (Å²) in [5, 5.41) is 0. The van der Waals surface area contributed by atoms with Crippen LogP contribution in [0.15, 0.2) is 36.5 Å². The monoisotopic (exact) mass is 320 g/mol. The average Bonchev–Trinajstić information content (AvgIpc) is 3.11.